The predicted octanol–water partition coefficient (Wildman–Crippen LogP) is 1.48. The third-order valence-corrected chi connectivity index (χ3v) is 1.94. The monoisotopic (exact) mass is 181 g/mol. The summed E-state index contributed by atoms with van der Waals surface area (Å²) in [5.74, 6) is 0.908. The third kappa shape index (κ3) is 2.57. The molecule has 13 heavy (non-hydrogen) atoms. The molecule has 0 aliphatic heterocycles. The molecule has 4 heteroatoms. The van der Waals surface area contributed by atoms with E-state index in [9.17, 15) is 0 Å². The van der Waals surface area contributed by atoms with E-state index in [1.165, 1.54) is 12.5 Å². The minimum Gasteiger partial charge on any atom is -0.473 e. The zero-order valence-corrected chi connectivity index (χ0v) is 8.19. The Balaban J connectivity index is 2.69. The molecule has 1 aromatic rings. The summed E-state index contributed by atoms with van der Waals surface area (Å²) in [6.45, 7) is 6.16. The molecule has 0 fully saturated rings. The van der Waals surface area contributed by atoms with Gasteiger partial charge < -0.3 is 10.5 Å². The van der Waals surface area contributed by atoms with Crippen LogP contribution in [-0.4, -0.2) is 16.1 Å². The van der Waals surface area contributed by atoms with Gasteiger partial charge in [0.15, 0.2) is 0 Å². The van der Waals surface area contributed by atoms with Gasteiger partial charge in [-0.15, -0.1) is 0 Å². The Morgan fingerprint density at radius 3 is 2.62 bits per heavy atom. The first-order valence-electron chi connectivity index (χ1n) is 4.33. The smallest absolute Gasteiger partial charge is 0.240 e. The fraction of sp³-hybridized carbons (Fsp3) is 0.556. The lowest BCUT2D eigenvalue weighted by Crippen LogP contribution is -2.19. The van der Waals surface area contributed by atoms with Crippen molar-refractivity contribution in [1.29, 1.82) is 0 Å². The van der Waals surface area contributed by atoms with E-state index < -0.39 is 0 Å². The van der Waals surface area contributed by atoms with E-state index in [1.54, 1.807) is 0 Å². The van der Waals surface area contributed by atoms with Crippen molar-refractivity contribution in [2.24, 2.45) is 5.92 Å². The summed E-state index contributed by atoms with van der Waals surface area (Å²) < 4.78 is 5.53. The number of hydrogen-bond acceptors (Lipinski definition) is 4. The summed E-state index contributed by atoms with van der Waals surface area (Å²) in [4.78, 5) is 7.72. The number of ether oxygens (including phenoxy) is 1. The molecule has 2 N–H and O–H groups in total. The zero-order chi connectivity index (χ0) is 9.84. The molecule has 0 saturated carbocycles. The van der Waals surface area contributed by atoms with Crippen LogP contribution in [0.25, 0.3) is 0 Å². The molecular formula is C9H15N3O. The average Bonchev–Trinajstić information content (AvgIpc) is 2.08. The van der Waals surface area contributed by atoms with Gasteiger partial charge in [-0.25, -0.2) is 4.98 Å². The topological polar surface area (TPSA) is 61.0 Å². The van der Waals surface area contributed by atoms with E-state index in [0.717, 1.165) is 0 Å². The van der Waals surface area contributed by atoms with Gasteiger partial charge in [-0.05, 0) is 12.8 Å². The van der Waals surface area contributed by atoms with Crippen molar-refractivity contribution in [1.82, 2.24) is 9.97 Å². The zero-order valence-electron chi connectivity index (χ0n) is 8.19. The van der Waals surface area contributed by atoms with Crippen molar-refractivity contribution in [2.45, 2.75) is 26.9 Å². The van der Waals surface area contributed by atoms with Gasteiger partial charge in [0.25, 0.3) is 0 Å². The molecule has 1 rings (SSSR count). The third-order valence-electron chi connectivity index (χ3n) is 1.94. The van der Waals surface area contributed by atoms with Crippen LogP contribution in [0, 0.1) is 5.92 Å². The van der Waals surface area contributed by atoms with E-state index in [2.05, 4.69) is 23.8 Å². The SMILES string of the molecule is CC(C)C(C)Oc1ncncc1N. The number of nitrogens with zero attached hydrogens (tertiary/aromatic N) is 2. The molecule has 0 radical (unpaired) electrons. The van der Waals surface area contributed by atoms with Crippen LogP contribution in [0.4, 0.5) is 5.69 Å². The summed E-state index contributed by atoms with van der Waals surface area (Å²) in [5, 5.41) is 0. The van der Waals surface area contributed by atoms with Crippen LogP contribution < -0.4 is 10.5 Å². The van der Waals surface area contributed by atoms with Crippen molar-refractivity contribution in [3.63, 3.8) is 0 Å². The molecule has 0 amide bonds. The maximum atomic E-state index is 5.62. The maximum Gasteiger partial charge on any atom is 0.240 e. The van der Waals surface area contributed by atoms with Crippen LogP contribution in [0.3, 0.4) is 0 Å². The van der Waals surface area contributed by atoms with Crippen molar-refractivity contribution in [3.8, 4) is 5.88 Å². The van der Waals surface area contributed by atoms with Crippen molar-refractivity contribution in [2.75, 3.05) is 5.73 Å². The first-order chi connectivity index (χ1) is 6.11. The van der Waals surface area contributed by atoms with Gasteiger partial charge in [-0.1, -0.05) is 13.8 Å². The van der Waals surface area contributed by atoms with E-state index in [1.807, 2.05) is 6.92 Å². The molecule has 0 aromatic carbocycles. The van der Waals surface area contributed by atoms with Crippen LogP contribution >= 0.6 is 0 Å². The van der Waals surface area contributed by atoms with Crippen molar-refractivity contribution < 1.29 is 4.74 Å². The molecule has 1 atom stereocenters. The minimum absolute atomic E-state index is 0.109. The highest BCUT2D eigenvalue weighted by Gasteiger charge is 2.11. The van der Waals surface area contributed by atoms with Gasteiger partial charge in [-0.2, -0.15) is 4.98 Å². The number of aromatic nitrogens is 2. The normalized spacial score (nSPS) is 12.9. The molecule has 0 spiro atoms. The van der Waals surface area contributed by atoms with E-state index in [4.69, 9.17) is 10.5 Å². The lowest BCUT2D eigenvalue weighted by molar-refractivity contribution is 0.164. The standard InChI is InChI=1S/C9H15N3O/c1-6(2)7(3)13-9-8(10)4-11-5-12-9/h4-7H,10H2,1-3H3. The van der Waals surface area contributed by atoms with Crippen LogP contribution in [-0.2, 0) is 0 Å². The van der Waals surface area contributed by atoms with Crippen LogP contribution in [0.1, 0.15) is 20.8 Å². The Morgan fingerprint density at radius 2 is 2.08 bits per heavy atom. The summed E-state index contributed by atoms with van der Waals surface area (Å²) >= 11 is 0. The highest BCUT2D eigenvalue weighted by atomic mass is 16.5. The number of nitrogens with two attached hydrogens (primary N) is 1. The molecule has 72 valence electrons. The Kier molecular flexibility index (Phi) is 3.06. The summed E-state index contributed by atoms with van der Waals surface area (Å²) in [6.07, 6.45) is 3.07. The second-order valence-corrected chi connectivity index (χ2v) is 3.35. The Bertz CT molecular complexity index is 275. The lowest BCUT2D eigenvalue weighted by Gasteiger charge is -2.17. The largest absolute Gasteiger partial charge is 0.473 e. The van der Waals surface area contributed by atoms with Crippen LogP contribution in [0.15, 0.2) is 12.5 Å². The summed E-state index contributed by atoms with van der Waals surface area (Å²) in [5.41, 5.74) is 6.10. The minimum atomic E-state index is 0.109. The molecule has 1 unspecified atom stereocenters. The second kappa shape index (κ2) is 4.07. The average molecular weight is 181 g/mol. The van der Waals surface area contributed by atoms with Gasteiger partial charge >= 0.3 is 0 Å². The molecule has 0 saturated heterocycles. The van der Waals surface area contributed by atoms with E-state index in [0.29, 0.717) is 17.5 Å². The number of nitrogen functional groups attached to an aromatic ring is 1. The van der Waals surface area contributed by atoms with Crippen molar-refractivity contribution in [3.05, 3.63) is 12.5 Å². The molecular weight excluding hydrogens is 166 g/mol. The van der Waals surface area contributed by atoms with Gasteiger partial charge in [0.1, 0.15) is 12.0 Å². The highest BCUT2D eigenvalue weighted by Crippen LogP contribution is 2.18. The van der Waals surface area contributed by atoms with Crippen LogP contribution in [0.2, 0.25) is 0 Å². The summed E-state index contributed by atoms with van der Waals surface area (Å²) in [6, 6.07) is 0. The molecule has 0 aliphatic rings. The number of hydrogen-bond donors (Lipinski definition) is 1. The van der Waals surface area contributed by atoms with Gasteiger partial charge in [0, 0.05) is 0 Å². The second-order valence-electron chi connectivity index (χ2n) is 3.35. The van der Waals surface area contributed by atoms with E-state index in [-0.39, 0.29) is 6.10 Å². The molecule has 0 aliphatic carbocycles. The number of rotatable bonds is 3. The predicted molar refractivity (Wildman–Crippen MR) is 51.4 cm³/mol. The van der Waals surface area contributed by atoms with Crippen LogP contribution in [0.5, 0.6) is 5.88 Å². The quantitative estimate of drug-likeness (QED) is 0.767. The van der Waals surface area contributed by atoms with Crippen molar-refractivity contribution >= 4 is 5.69 Å². The van der Waals surface area contributed by atoms with Gasteiger partial charge in [-0.3, -0.25) is 0 Å². The Hall–Kier alpha value is -1.32. The molecule has 1 aromatic heterocycles. The summed E-state index contributed by atoms with van der Waals surface area (Å²) in [7, 11) is 0. The van der Waals surface area contributed by atoms with Gasteiger partial charge in [0.2, 0.25) is 5.88 Å². The first-order valence-corrected chi connectivity index (χ1v) is 4.33. The Labute approximate surface area is 78.1 Å². The van der Waals surface area contributed by atoms with E-state index >= 15 is 0 Å². The fourth-order valence-electron chi connectivity index (χ4n) is 0.740. The molecule has 4 nitrogen and oxygen atoms in total. The highest BCUT2D eigenvalue weighted by molar-refractivity contribution is 5.44. The van der Waals surface area contributed by atoms with Gasteiger partial charge in [0.05, 0.1) is 12.3 Å². The Morgan fingerprint density at radius 1 is 1.38 bits per heavy atom. The first kappa shape index (κ1) is 9.77. The lowest BCUT2D eigenvalue weighted by atomic mass is 10.1. The maximum absolute atomic E-state index is 5.62. The number of anilines is 1. The fourth-order valence-corrected chi connectivity index (χ4v) is 0.740. The molecule has 1 heterocycles. The molecule has 0 bridgehead atoms.